The molecular formula is C15H11ClN2O6. The van der Waals surface area contributed by atoms with Crippen LogP contribution in [-0.2, 0) is 9.53 Å². The number of nitrogens with zero attached hydrogens (tertiary/aromatic N) is 1. The lowest BCUT2D eigenvalue weighted by atomic mass is 10.2. The summed E-state index contributed by atoms with van der Waals surface area (Å²) >= 11 is 5.67. The van der Waals surface area contributed by atoms with Gasteiger partial charge < -0.3 is 15.2 Å². The van der Waals surface area contributed by atoms with E-state index in [9.17, 15) is 19.7 Å². The van der Waals surface area contributed by atoms with Crippen molar-refractivity contribution in [1.29, 1.82) is 0 Å². The quantitative estimate of drug-likeness (QED) is 0.486. The van der Waals surface area contributed by atoms with Gasteiger partial charge in [-0.05, 0) is 36.4 Å². The van der Waals surface area contributed by atoms with Crippen LogP contribution in [0.3, 0.4) is 0 Å². The fourth-order valence-corrected chi connectivity index (χ4v) is 1.93. The molecule has 2 aromatic carbocycles. The molecule has 2 aromatic rings. The maximum absolute atomic E-state index is 11.7. The molecule has 0 aliphatic carbocycles. The molecule has 0 unspecified atom stereocenters. The number of hydrogen-bond donors (Lipinski definition) is 2. The predicted molar refractivity (Wildman–Crippen MR) is 85.1 cm³/mol. The number of nitrogens with one attached hydrogen (secondary N) is 1. The molecule has 0 saturated heterocycles. The van der Waals surface area contributed by atoms with E-state index in [1.807, 2.05) is 0 Å². The molecule has 0 aliphatic rings. The van der Waals surface area contributed by atoms with Crippen LogP contribution < -0.4 is 5.32 Å². The number of phenols is 1. The lowest BCUT2D eigenvalue weighted by Gasteiger charge is -2.07. The van der Waals surface area contributed by atoms with E-state index in [0.717, 1.165) is 6.07 Å². The van der Waals surface area contributed by atoms with Crippen molar-refractivity contribution in [2.75, 3.05) is 11.9 Å². The number of anilines is 1. The Morgan fingerprint density at radius 3 is 2.50 bits per heavy atom. The summed E-state index contributed by atoms with van der Waals surface area (Å²) in [7, 11) is 0. The molecular weight excluding hydrogens is 340 g/mol. The summed E-state index contributed by atoms with van der Waals surface area (Å²) in [6, 6.07) is 9.07. The Hall–Kier alpha value is -3.13. The van der Waals surface area contributed by atoms with Crippen molar-refractivity contribution in [2.24, 2.45) is 0 Å². The summed E-state index contributed by atoms with van der Waals surface area (Å²) in [6.07, 6.45) is 0. The Balaban J connectivity index is 1.94. The smallest absolute Gasteiger partial charge is 0.338 e. The van der Waals surface area contributed by atoms with Crippen molar-refractivity contribution in [3.8, 4) is 5.75 Å². The number of carbonyl (C=O) groups is 2. The zero-order valence-electron chi connectivity index (χ0n) is 12.1. The third-order valence-corrected chi connectivity index (χ3v) is 3.18. The van der Waals surface area contributed by atoms with E-state index in [1.165, 1.54) is 36.4 Å². The summed E-state index contributed by atoms with van der Waals surface area (Å²) in [5.41, 5.74) is -0.0323. The highest BCUT2D eigenvalue weighted by Gasteiger charge is 2.15. The number of nitro groups is 1. The van der Waals surface area contributed by atoms with Crippen molar-refractivity contribution in [3.05, 3.63) is 63.2 Å². The molecule has 0 aromatic heterocycles. The maximum Gasteiger partial charge on any atom is 0.338 e. The fraction of sp³-hybridized carbons (Fsp3) is 0.0667. The summed E-state index contributed by atoms with van der Waals surface area (Å²) in [5, 5.41) is 22.2. The van der Waals surface area contributed by atoms with E-state index in [2.05, 4.69) is 5.32 Å². The normalized spacial score (nSPS) is 10.0. The molecule has 124 valence electrons. The second-order valence-electron chi connectivity index (χ2n) is 4.59. The Morgan fingerprint density at radius 2 is 1.88 bits per heavy atom. The molecule has 0 spiro atoms. The van der Waals surface area contributed by atoms with Gasteiger partial charge in [0.05, 0.1) is 10.5 Å². The van der Waals surface area contributed by atoms with E-state index >= 15 is 0 Å². The lowest BCUT2D eigenvalue weighted by Crippen LogP contribution is -2.21. The summed E-state index contributed by atoms with van der Waals surface area (Å²) in [4.78, 5) is 33.5. The van der Waals surface area contributed by atoms with Gasteiger partial charge in [-0.25, -0.2) is 4.79 Å². The molecule has 0 heterocycles. The molecule has 9 heteroatoms. The van der Waals surface area contributed by atoms with Gasteiger partial charge in [-0.15, -0.1) is 0 Å². The molecule has 2 N–H and O–H groups in total. The Bertz CT molecular complexity index is 791. The Kier molecular flexibility index (Phi) is 5.33. The Labute approximate surface area is 140 Å². The van der Waals surface area contributed by atoms with Crippen LogP contribution in [0.5, 0.6) is 5.75 Å². The standard InChI is InChI=1S/C15H11ClN2O6/c16-12-6-3-10(7-13(12)18(22)23)17-14(20)8-24-15(21)9-1-4-11(19)5-2-9/h1-7,19H,8H2,(H,17,20). The molecule has 0 bridgehead atoms. The van der Waals surface area contributed by atoms with Crippen molar-refractivity contribution in [2.45, 2.75) is 0 Å². The fourth-order valence-electron chi connectivity index (χ4n) is 1.74. The first kappa shape index (κ1) is 17.2. The number of aromatic hydroxyl groups is 1. The van der Waals surface area contributed by atoms with Gasteiger partial charge in [0.2, 0.25) is 0 Å². The van der Waals surface area contributed by atoms with Crippen molar-refractivity contribution in [1.82, 2.24) is 0 Å². The summed E-state index contributed by atoms with van der Waals surface area (Å²) < 4.78 is 4.81. The number of halogens is 1. The highest BCUT2D eigenvalue weighted by atomic mass is 35.5. The van der Waals surface area contributed by atoms with Crippen LogP contribution in [0.15, 0.2) is 42.5 Å². The number of esters is 1. The monoisotopic (exact) mass is 350 g/mol. The van der Waals surface area contributed by atoms with Gasteiger partial charge in [-0.1, -0.05) is 11.6 Å². The topological polar surface area (TPSA) is 119 Å². The van der Waals surface area contributed by atoms with E-state index in [0.29, 0.717) is 0 Å². The first-order valence-corrected chi connectivity index (χ1v) is 6.94. The molecule has 24 heavy (non-hydrogen) atoms. The van der Waals surface area contributed by atoms with E-state index < -0.39 is 23.4 Å². The molecule has 0 fully saturated rings. The van der Waals surface area contributed by atoms with Crippen LogP contribution in [0.2, 0.25) is 5.02 Å². The Morgan fingerprint density at radius 1 is 1.21 bits per heavy atom. The molecule has 0 radical (unpaired) electrons. The number of carbonyl (C=O) groups excluding carboxylic acids is 2. The van der Waals surface area contributed by atoms with Crippen LogP contribution in [0, 0.1) is 10.1 Å². The lowest BCUT2D eigenvalue weighted by molar-refractivity contribution is -0.384. The third kappa shape index (κ3) is 4.43. The van der Waals surface area contributed by atoms with Gasteiger partial charge in [0, 0.05) is 11.8 Å². The minimum absolute atomic E-state index is 0.00590. The number of amides is 1. The summed E-state index contributed by atoms with van der Waals surface area (Å²) in [5.74, 6) is -1.42. The highest BCUT2D eigenvalue weighted by Crippen LogP contribution is 2.27. The number of benzene rings is 2. The first-order valence-electron chi connectivity index (χ1n) is 6.57. The van der Waals surface area contributed by atoms with E-state index in [1.54, 1.807) is 0 Å². The summed E-state index contributed by atoms with van der Waals surface area (Å²) in [6.45, 7) is -0.573. The van der Waals surface area contributed by atoms with Crippen molar-refractivity contribution >= 4 is 34.9 Å². The van der Waals surface area contributed by atoms with Crippen molar-refractivity contribution < 1.29 is 24.4 Å². The highest BCUT2D eigenvalue weighted by molar-refractivity contribution is 6.32. The second kappa shape index (κ2) is 7.42. The van der Waals surface area contributed by atoms with Crippen molar-refractivity contribution in [3.63, 3.8) is 0 Å². The van der Waals surface area contributed by atoms with Crippen LogP contribution in [0.1, 0.15) is 10.4 Å². The third-order valence-electron chi connectivity index (χ3n) is 2.86. The molecule has 0 aliphatic heterocycles. The van der Waals surface area contributed by atoms with Gasteiger partial charge in [0.25, 0.3) is 11.6 Å². The second-order valence-corrected chi connectivity index (χ2v) is 5.00. The molecule has 8 nitrogen and oxygen atoms in total. The van der Waals surface area contributed by atoms with Gasteiger partial charge in [0.1, 0.15) is 10.8 Å². The molecule has 0 saturated carbocycles. The maximum atomic E-state index is 11.7. The molecule has 0 atom stereocenters. The zero-order chi connectivity index (χ0) is 17.7. The molecule has 1 amide bonds. The van der Waals surface area contributed by atoms with E-state index in [-0.39, 0.29) is 27.7 Å². The van der Waals surface area contributed by atoms with Gasteiger partial charge in [-0.2, -0.15) is 0 Å². The average molecular weight is 351 g/mol. The minimum atomic E-state index is -0.743. The number of phenolic OH excluding ortho intramolecular Hbond substituents is 1. The predicted octanol–water partition coefficient (Wildman–Crippen LogP) is 2.75. The largest absolute Gasteiger partial charge is 0.508 e. The SMILES string of the molecule is O=C(COC(=O)c1ccc(O)cc1)Nc1ccc(Cl)c([N+](=O)[O-])c1. The molecule has 2 rings (SSSR count). The van der Waals surface area contributed by atoms with Crippen LogP contribution in [0.25, 0.3) is 0 Å². The number of hydrogen-bond acceptors (Lipinski definition) is 6. The van der Waals surface area contributed by atoms with Gasteiger partial charge in [-0.3, -0.25) is 14.9 Å². The number of ether oxygens (including phenoxy) is 1. The average Bonchev–Trinajstić information content (AvgIpc) is 2.55. The number of nitro benzene ring substituents is 1. The van der Waals surface area contributed by atoms with Crippen LogP contribution >= 0.6 is 11.6 Å². The minimum Gasteiger partial charge on any atom is -0.508 e. The first-order chi connectivity index (χ1) is 11.4. The van der Waals surface area contributed by atoms with Crippen LogP contribution in [-0.4, -0.2) is 28.5 Å². The van der Waals surface area contributed by atoms with Crippen LogP contribution in [0.4, 0.5) is 11.4 Å². The zero-order valence-corrected chi connectivity index (χ0v) is 12.8. The van der Waals surface area contributed by atoms with Gasteiger partial charge in [0.15, 0.2) is 6.61 Å². The number of rotatable bonds is 5. The van der Waals surface area contributed by atoms with Gasteiger partial charge >= 0.3 is 5.97 Å². The van der Waals surface area contributed by atoms with E-state index in [4.69, 9.17) is 21.4 Å².